The molecule has 2 unspecified atom stereocenters. The van der Waals surface area contributed by atoms with Gasteiger partial charge in [-0.05, 0) is 39.5 Å². The molecule has 6 heteroatoms. The summed E-state index contributed by atoms with van der Waals surface area (Å²) in [6.45, 7) is 6.21. The third-order valence-electron chi connectivity index (χ3n) is 3.48. The zero-order valence-electron chi connectivity index (χ0n) is 12.9. The number of hydrogen-bond acceptors (Lipinski definition) is 5. The number of hydrogen-bond donors (Lipinski definition) is 2. The van der Waals surface area contributed by atoms with E-state index in [4.69, 9.17) is 4.74 Å². The second-order valence-corrected chi connectivity index (χ2v) is 6.45. The Labute approximate surface area is 125 Å². The van der Waals surface area contributed by atoms with Crippen LogP contribution in [0.3, 0.4) is 0 Å². The second-order valence-electron chi connectivity index (χ2n) is 6.45. The van der Waals surface area contributed by atoms with Crippen molar-refractivity contribution in [2.24, 2.45) is 5.92 Å². The lowest BCUT2D eigenvalue weighted by Gasteiger charge is -2.24. The number of rotatable bonds is 4. The van der Waals surface area contributed by atoms with Gasteiger partial charge in [0.2, 0.25) is 0 Å². The molecule has 0 bridgehead atoms. The van der Waals surface area contributed by atoms with Crippen LogP contribution >= 0.6 is 0 Å². The van der Waals surface area contributed by atoms with Crippen LogP contribution in [0.1, 0.15) is 40.0 Å². The van der Waals surface area contributed by atoms with Gasteiger partial charge in [-0.3, -0.25) is 0 Å². The van der Waals surface area contributed by atoms with Crippen LogP contribution in [0.5, 0.6) is 0 Å². The molecule has 21 heavy (non-hydrogen) atoms. The van der Waals surface area contributed by atoms with Gasteiger partial charge in [0.15, 0.2) is 0 Å². The molecule has 1 aromatic heterocycles. The highest BCUT2D eigenvalue weighted by molar-refractivity contribution is 5.67. The predicted octanol–water partition coefficient (Wildman–Crippen LogP) is 2.58. The van der Waals surface area contributed by atoms with Crippen LogP contribution in [-0.4, -0.2) is 34.2 Å². The first-order chi connectivity index (χ1) is 9.94. The van der Waals surface area contributed by atoms with E-state index in [1.165, 1.54) is 6.33 Å². The van der Waals surface area contributed by atoms with Crippen molar-refractivity contribution < 1.29 is 9.53 Å². The summed E-state index contributed by atoms with van der Waals surface area (Å²) in [5.41, 5.74) is 0.463. The first-order valence-electron chi connectivity index (χ1n) is 7.42. The molecule has 116 valence electrons. The Kier molecular flexibility index (Phi) is 4.98. The number of ether oxygens (including phenoxy) is 1. The zero-order chi connectivity index (χ0) is 15.3. The van der Waals surface area contributed by atoms with Crippen molar-refractivity contribution in [3.05, 3.63) is 18.7 Å². The molecule has 1 fully saturated rings. The minimum absolute atomic E-state index is 0.339. The standard InChI is InChI=1S/C15H24N4O2/c1-15(2,3)21-14(20)18-7-11-5-4-6-13(11)19-12-8-16-10-17-9-12/h8-11,13,19H,4-7H2,1-3H3,(H,18,20). The molecule has 2 rings (SSSR count). The molecule has 1 amide bonds. The van der Waals surface area contributed by atoms with E-state index in [0.29, 0.717) is 18.5 Å². The van der Waals surface area contributed by atoms with E-state index in [9.17, 15) is 4.79 Å². The molecule has 1 saturated carbocycles. The molecule has 0 aromatic carbocycles. The normalized spacial score (nSPS) is 21.9. The number of anilines is 1. The number of aromatic nitrogens is 2. The molecule has 6 nitrogen and oxygen atoms in total. The van der Waals surface area contributed by atoms with Crippen LogP contribution in [0.4, 0.5) is 10.5 Å². The van der Waals surface area contributed by atoms with Crippen LogP contribution in [0.15, 0.2) is 18.7 Å². The maximum Gasteiger partial charge on any atom is 0.407 e. The Bertz CT molecular complexity index is 458. The van der Waals surface area contributed by atoms with E-state index in [-0.39, 0.29) is 6.09 Å². The fraction of sp³-hybridized carbons (Fsp3) is 0.667. The van der Waals surface area contributed by atoms with Crippen LogP contribution in [0.2, 0.25) is 0 Å². The van der Waals surface area contributed by atoms with Gasteiger partial charge in [0.05, 0.1) is 18.1 Å². The van der Waals surface area contributed by atoms with Gasteiger partial charge in [-0.25, -0.2) is 14.8 Å². The van der Waals surface area contributed by atoms with Gasteiger partial charge in [0.1, 0.15) is 11.9 Å². The van der Waals surface area contributed by atoms with E-state index in [1.807, 2.05) is 20.8 Å². The fourth-order valence-electron chi connectivity index (χ4n) is 2.59. The Morgan fingerprint density at radius 1 is 1.33 bits per heavy atom. The molecule has 1 aliphatic rings. The Morgan fingerprint density at radius 2 is 2.05 bits per heavy atom. The molecular weight excluding hydrogens is 268 g/mol. The molecule has 1 aliphatic carbocycles. The summed E-state index contributed by atoms with van der Waals surface area (Å²) < 4.78 is 5.26. The number of carbonyl (C=O) groups is 1. The minimum Gasteiger partial charge on any atom is -0.444 e. The lowest BCUT2D eigenvalue weighted by molar-refractivity contribution is 0.0519. The molecule has 0 spiro atoms. The van der Waals surface area contributed by atoms with Crippen LogP contribution in [-0.2, 0) is 4.74 Å². The Balaban J connectivity index is 1.81. The Hall–Kier alpha value is -1.85. The number of nitrogens with one attached hydrogen (secondary N) is 2. The van der Waals surface area contributed by atoms with Gasteiger partial charge in [0.25, 0.3) is 0 Å². The van der Waals surface area contributed by atoms with Crippen LogP contribution in [0, 0.1) is 5.92 Å². The minimum atomic E-state index is -0.460. The second kappa shape index (κ2) is 6.74. The van der Waals surface area contributed by atoms with Crippen LogP contribution in [0.25, 0.3) is 0 Å². The molecule has 0 aliphatic heterocycles. The maximum absolute atomic E-state index is 11.7. The molecule has 1 aromatic rings. The highest BCUT2D eigenvalue weighted by Gasteiger charge is 2.28. The highest BCUT2D eigenvalue weighted by atomic mass is 16.6. The fourth-order valence-corrected chi connectivity index (χ4v) is 2.59. The van der Waals surface area contributed by atoms with Gasteiger partial charge < -0.3 is 15.4 Å². The van der Waals surface area contributed by atoms with E-state index in [1.54, 1.807) is 12.4 Å². The topological polar surface area (TPSA) is 76.1 Å². The quantitative estimate of drug-likeness (QED) is 0.892. The molecular formula is C15H24N4O2. The Morgan fingerprint density at radius 3 is 2.71 bits per heavy atom. The number of nitrogens with zero attached hydrogens (tertiary/aromatic N) is 2. The van der Waals surface area contributed by atoms with E-state index >= 15 is 0 Å². The van der Waals surface area contributed by atoms with E-state index < -0.39 is 5.60 Å². The smallest absolute Gasteiger partial charge is 0.407 e. The van der Waals surface area contributed by atoms with Crippen molar-refractivity contribution in [1.29, 1.82) is 0 Å². The van der Waals surface area contributed by atoms with Gasteiger partial charge >= 0.3 is 6.09 Å². The molecule has 2 atom stereocenters. The largest absolute Gasteiger partial charge is 0.444 e. The van der Waals surface area contributed by atoms with Crippen molar-refractivity contribution in [1.82, 2.24) is 15.3 Å². The highest BCUT2D eigenvalue weighted by Crippen LogP contribution is 2.27. The molecule has 0 saturated heterocycles. The molecule has 2 N–H and O–H groups in total. The molecule has 0 radical (unpaired) electrons. The van der Waals surface area contributed by atoms with E-state index in [2.05, 4.69) is 20.6 Å². The summed E-state index contributed by atoms with van der Waals surface area (Å²) in [7, 11) is 0. The van der Waals surface area contributed by atoms with Gasteiger partial charge in [-0.1, -0.05) is 6.42 Å². The van der Waals surface area contributed by atoms with E-state index in [0.717, 1.165) is 24.9 Å². The summed E-state index contributed by atoms with van der Waals surface area (Å²) in [4.78, 5) is 19.7. The van der Waals surface area contributed by atoms with Crippen molar-refractivity contribution in [2.45, 2.75) is 51.7 Å². The maximum atomic E-state index is 11.7. The lowest BCUT2D eigenvalue weighted by Crippen LogP contribution is -2.38. The average molecular weight is 292 g/mol. The SMILES string of the molecule is CC(C)(C)OC(=O)NCC1CCCC1Nc1cncnc1. The van der Waals surface area contributed by atoms with Crippen molar-refractivity contribution in [3.63, 3.8) is 0 Å². The first-order valence-corrected chi connectivity index (χ1v) is 7.42. The number of carbonyl (C=O) groups excluding carboxylic acids is 1. The van der Waals surface area contributed by atoms with Gasteiger partial charge in [0, 0.05) is 12.6 Å². The summed E-state index contributed by atoms with van der Waals surface area (Å²) in [5, 5.41) is 6.31. The third kappa shape index (κ3) is 5.21. The summed E-state index contributed by atoms with van der Waals surface area (Å²) in [6, 6.07) is 0.339. The molecule has 1 heterocycles. The van der Waals surface area contributed by atoms with Gasteiger partial charge in [-0.2, -0.15) is 0 Å². The number of alkyl carbamates (subject to hydrolysis) is 1. The predicted molar refractivity (Wildman–Crippen MR) is 81.0 cm³/mol. The zero-order valence-corrected chi connectivity index (χ0v) is 12.9. The van der Waals surface area contributed by atoms with Crippen molar-refractivity contribution in [2.75, 3.05) is 11.9 Å². The number of amides is 1. The third-order valence-corrected chi connectivity index (χ3v) is 3.48. The monoisotopic (exact) mass is 292 g/mol. The van der Waals surface area contributed by atoms with Crippen molar-refractivity contribution >= 4 is 11.8 Å². The average Bonchev–Trinajstić information content (AvgIpc) is 2.83. The lowest BCUT2D eigenvalue weighted by atomic mass is 10.0. The van der Waals surface area contributed by atoms with Crippen LogP contribution < -0.4 is 10.6 Å². The van der Waals surface area contributed by atoms with Crippen molar-refractivity contribution in [3.8, 4) is 0 Å². The van der Waals surface area contributed by atoms with Gasteiger partial charge in [-0.15, -0.1) is 0 Å². The summed E-state index contributed by atoms with van der Waals surface area (Å²) in [6.07, 6.45) is 8.05. The summed E-state index contributed by atoms with van der Waals surface area (Å²) in [5.74, 6) is 0.401. The first kappa shape index (κ1) is 15.5. The summed E-state index contributed by atoms with van der Waals surface area (Å²) >= 11 is 0.